The van der Waals surface area contributed by atoms with Gasteiger partial charge in [0.1, 0.15) is 5.75 Å². The lowest BCUT2D eigenvalue weighted by atomic mass is 10.2. The van der Waals surface area contributed by atoms with Crippen molar-refractivity contribution in [2.75, 3.05) is 17.8 Å². The van der Waals surface area contributed by atoms with E-state index in [1.54, 1.807) is 31.4 Å². The normalized spacial score (nSPS) is 9.62. The number of nitrogens with one attached hydrogen (secondary N) is 1. The van der Waals surface area contributed by atoms with Crippen molar-refractivity contribution in [1.82, 2.24) is 0 Å². The predicted octanol–water partition coefficient (Wildman–Crippen LogP) is 1.99. The number of carbonyl (C=O) groups excluding carboxylic acids is 2. The lowest BCUT2D eigenvalue weighted by Gasteiger charge is -2.05. The number of hydrogen-bond donors (Lipinski definition) is 1. The molecule has 1 amide bonds. The van der Waals surface area contributed by atoms with Crippen molar-refractivity contribution < 1.29 is 14.3 Å². The fourth-order valence-corrected chi connectivity index (χ4v) is 1.33. The molecular formula is C11H12BrNO3. The summed E-state index contributed by atoms with van der Waals surface area (Å²) in [5.41, 5.74) is 0.617. The molecule has 0 aliphatic heterocycles. The van der Waals surface area contributed by atoms with Crippen LogP contribution in [0.5, 0.6) is 5.75 Å². The summed E-state index contributed by atoms with van der Waals surface area (Å²) in [6.07, 6.45) is -0.123. The Labute approximate surface area is 102 Å². The Bertz CT molecular complexity index is 393. The van der Waals surface area contributed by atoms with Crippen LogP contribution in [0.3, 0.4) is 0 Å². The summed E-state index contributed by atoms with van der Waals surface area (Å²) in [5, 5.41) is 2.81. The van der Waals surface area contributed by atoms with E-state index < -0.39 is 0 Å². The molecule has 1 aromatic carbocycles. The van der Waals surface area contributed by atoms with E-state index in [2.05, 4.69) is 21.2 Å². The van der Waals surface area contributed by atoms with Gasteiger partial charge in [-0.3, -0.25) is 9.59 Å². The minimum absolute atomic E-state index is 0.123. The third kappa shape index (κ3) is 4.02. The highest BCUT2D eigenvalue weighted by atomic mass is 79.9. The van der Waals surface area contributed by atoms with Gasteiger partial charge in [-0.2, -0.15) is 0 Å². The molecule has 0 aromatic heterocycles. The summed E-state index contributed by atoms with van der Waals surface area (Å²) >= 11 is 3.00. The van der Waals surface area contributed by atoms with Gasteiger partial charge in [-0.15, -0.1) is 0 Å². The topological polar surface area (TPSA) is 55.4 Å². The predicted molar refractivity (Wildman–Crippen MR) is 65.0 cm³/mol. The first kappa shape index (κ1) is 12.7. The van der Waals surface area contributed by atoms with E-state index in [9.17, 15) is 9.59 Å². The molecule has 1 aromatic rings. The van der Waals surface area contributed by atoms with Crippen molar-refractivity contribution in [2.24, 2.45) is 0 Å². The van der Waals surface area contributed by atoms with Crippen LogP contribution in [0, 0.1) is 0 Å². The number of halogens is 1. The summed E-state index contributed by atoms with van der Waals surface area (Å²) in [5.74, 6) is 0.183. The molecule has 0 bridgehead atoms. The average molecular weight is 286 g/mol. The molecule has 5 heteroatoms. The van der Waals surface area contributed by atoms with E-state index in [4.69, 9.17) is 4.74 Å². The van der Waals surface area contributed by atoms with Crippen LogP contribution < -0.4 is 10.1 Å². The second-order valence-corrected chi connectivity index (χ2v) is 3.69. The van der Waals surface area contributed by atoms with E-state index in [1.807, 2.05) is 0 Å². The van der Waals surface area contributed by atoms with E-state index in [0.717, 1.165) is 0 Å². The third-order valence-corrected chi connectivity index (χ3v) is 2.49. The van der Waals surface area contributed by atoms with E-state index in [0.29, 0.717) is 11.4 Å². The Morgan fingerprint density at radius 2 is 2.19 bits per heavy atom. The highest BCUT2D eigenvalue weighted by molar-refractivity contribution is 9.09. The molecule has 16 heavy (non-hydrogen) atoms. The molecule has 4 nitrogen and oxygen atoms in total. The molecule has 0 aliphatic rings. The number of hydrogen-bond acceptors (Lipinski definition) is 3. The number of ether oxygens (including phenoxy) is 1. The largest absolute Gasteiger partial charge is 0.497 e. The van der Waals surface area contributed by atoms with Crippen LogP contribution in [-0.4, -0.2) is 24.1 Å². The first-order chi connectivity index (χ1) is 7.65. The molecule has 1 rings (SSSR count). The van der Waals surface area contributed by atoms with Gasteiger partial charge in [0.15, 0.2) is 5.78 Å². The standard InChI is InChI=1S/C11H12BrNO3/c1-16-10-4-2-3-8(5-10)13-11(15)6-9(14)7-12/h2-5H,6-7H2,1H3,(H,13,15). The molecule has 0 saturated carbocycles. The smallest absolute Gasteiger partial charge is 0.231 e. The van der Waals surface area contributed by atoms with Crippen LogP contribution in [0.2, 0.25) is 0 Å². The second-order valence-electron chi connectivity index (χ2n) is 3.13. The maximum atomic E-state index is 11.4. The summed E-state index contributed by atoms with van der Waals surface area (Å²) < 4.78 is 5.01. The van der Waals surface area contributed by atoms with E-state index in [1.165, 1.54) is 0 Å². The van der Waals surface area contributed by atoms with Gasteiger partial charge in [0.25, 0.3) is 0 Å². The Hall–Kier alpha value is -1.36. The maximum absolute atomic E-state index is 11.4. The molecule has 0 atom stereocenters. The number of methoxy groups -OCH3 is 1. The number of benzene rings is 1. The van der Waals surface area contributed by atoms with Crippen LogP contribution in [0.4, 0.5) is 5.69 Å². The van der Waals surface area contributed by atoms with E-state index >= 15 is 0 Å². The Kier molecular flexibility index (Phi) is 4.98. The van der Waals surface area contributed by atoms with Gasteiger partial charge in [0, 0.05) is 11.8 Å². The van der Waals surface area contributed by atoms with Crippen molar-refractivity contribution in [1.29, 1.82) is 0 Å². The summed E-state index contributed by atoms with van der Waals surface area (Å²) in [4.78, 5) is 22.4. The molecule has 0 aliphatic carbocycles. The molecule has 86 valence electrons. The van der Waals surface area contributed by atoms with Gasteiger partial charge in [0.05, 0.1) is 18.9 Å². The van der Waals surface area contributed by atoms with Gasteiger partial charge < -0.3 is 10.1 Å². The average Bonchev–Trinajstić information content (AvgIpc) is 2.28. The zero-order valence-corrected chi connectivity index (χ0v) is 10.4. The third-order valence-electron chi connectivity index (χ3n) is 1.86. The number of alkyl halides is 1. The fraction of sp³-hybridized carbons (Fsp3) is 0.273. The highest BCUT2D eigenvalue weighted by Crippen LogP contribution is 2.16. The maximum Gasteiger partial charge on any atom is 0.231 e. The van der Waals surface area contributed by atoms with Gasteiger partial charge in [-0.1, -0.05) is 22.0 Å². The van der Waals surface area contributed by atoms with E-state index in [-0.39, 0.29) is 23.4 Å². The van der Waals surface area contributed by atoms with Gasteiger partial charge >= 0.3 is 0 Å². The van der Waals surface area contributed by atoms with Crippen LogP contribution in [0.1, 0.15) is 6.42 Å². The van der Waals surface area contributed by atoms with Crippen molar-refractivity contribution in [3.05, 3.63) is 24.3 Å². The molecule has 0 heterocycles. The molecule has 0 saturated heterocycles. The van der Waals surface area contributed by atoms with Gasteiger partial charge in [0.2, 0.25) is 5.91 Å². The SMILES string of the molecule is COc1cccc(NC(=O)CC(=O)CBr)c1. The van der Waals surface area contributed by atoms with Crippen molar-refractivity contribution in [2.45, 2.75) is 6.42 Å². The Balaban J connectivity index is 2.59. The molecule has 0 radical (unpaired) electrons. The van der Waals surface area contributed by atoms with Crippen LogP contribution in [0.25, 0.3) is 0 Å². The zero-order chi connectivity index (χ0) is 12.0. The van der Waals surface area contributed by atoms with Gasteiger partial charge in [-0.05, 0) is 12.1 Å². The minimum atomic E-state index is -0.322. The highest BCUT2D eigenvalue weighted by Gasteiger charge is 2.08. The van der Waals surface area contributed by atoms with Crippen molar-refractivity contribution >= 4 is 33.3 Å². The number of amides is 1. The van der Waals surface area contributed by atoms with Crippen LogP contribution in [0.15, 0.2) is 24.3 Å². The van der Waals surface area contributed by atoms with Crippen LogP contribution >= 0.6 is 15.9 Å². The Morgan fingerprint density at radius 3 is 2.81 bits per heavy atom. The quantitative estimate of drug-likeness (QED) is 0.665. The lowest BCUT2D eigenvalue weighted by molar-refractivity contribution is -0.123. The molecule has 1 N–H and O–H groups in total. The monoisotopic (exact) mass is 285 g/mol. The molecule has 0 fully saturated rings. The molecule has 0 spiro atoms. The molecule has 0 unspecified atom stereocenters. The summed E-state index contributed by atoms with van der Waals surface area (Å²) in [7, 11) is 1.55. The number of rotatable bonds is 5. The summed E-state index contributed by atoms with van der Waals surface area (Å²) in [6.45, 7) is 0. The number of anilines is 1. The number of carbonyl (C=O) groups is 2. The van der Waals surface area contributed by atoms with Crippen LogP contribution in [-0.2, 0) is 9.59 Å². The first-order valence-corrected chi connectivity index (χ1v) is 5.79. The Morgan fingerprint density at radius 1 is 1.44 bits per heavy atom. The molecular weight excluding hydrogens is 274 g/mol. The summed E-state index contributed by atoms with van der Waals surface area (Å²) in [6, 6.07) is 6.97. The zero-order valence-electron chi connectivity index (χ0n) is 8.83. The first-order valence-electron chi connectivity index (χ1n) is 4.67. The lowest BCUT2D eigenvalue weighted by Crippen LogP contribution is -2.16. The van der Waals surface area contributed by atoms with Gasteiger partial charge in [-0.25, -0.2) is 0 Å². The van der Waals surface area contributed by atoms with Crippen molar-refractivity contribution in [3.8, 4) is 5.75 Å². The fourth-order valence-electron chi connectivity index (χ4n) is 1.13. The number of Topliss-reactive ketones (excluding diaryl/α,β-unsaturated/α-hetero) is 1. The second kappa shape index (κ2) is 6.27. The minimum Gasteiger partial charge on any atom is -0.497 e. The number of ketones is 1. The van der Waals surface area contributed by atoms with Crippen molar-refractivity contribution in [3.63, 3.8) is 0 Å².